The molecule has 0 aliphatic carbocycles. The first kappa shape index (κ1) is 10.3. The summed E-state index contributed by atoms with van der Waals surface area (Å²) in [6.45, 7) is 1.30. The molecule has 0 amide bonds. The van der Waals surface area contributed by atoms with Crippen LogP contribution in [-0.2, 0) is 0 Å². The number of halogens is 2. The standard InChI is InChI=1S/C9H6FIO2/c1-5(13)7-2-6(11)3-9(10)8(7)4-12/h2-4H,1H3. The van der Waals surface area contributed by atoms with Gasteiger partial charge in [0.1, 0.15) is 5.82 Å². The van der Waals surface area contributed by atoms with Gasteiger partial charge in [-0.05, 0) is 41.6 Å². The Morgan fingerprint density at radius 3 is 2.62 bits per heavy atom. The molecule has 0 fully saturated rings. The van der Waals surface area contributed by atoms with Crippen LogP contribution in [0.2, 0.25) is 0 Å². The molecule has 0 aliphatic rings. The van der Waals surface area contributed by atoms with Gasteiger partial charge in [0, 0.05) is 9.13 Å². The molecule has 1 aromatic carbocycles. The summed E-state index contributed by atoms with van der Waals surface area (Å²) in [5, 5.41) is 0. The largest absolute Gasteiger partial charge is 0.298 e. The highest BCUT2D eigenvalue weighted by molar-refractivity contribution is 14.1. The molecule has 0 aliphatic heterocycles. The van der Waals surface area contributed by atoms with Gasteiger partial charge in [0.05, 0.1) is 5.56 Å². The highest BCUT2D eigenvalue weighted by atomic mass is 127. The van der Waals surface area contributed by atoms with Gasteiger partial charge in [-0.15, -0.1) is 0 Å². The van der Waals surface area contributed by atoms with Crippen molar-refractivity contribution in [1.29, 1.82) is 0 Å². The lowest BCUT2D eigenvalue weighted by Crippen LogP contribution is -2.02. The molecule has 0 saturated carbocycles. The van der Waals surface area contributed by atoms with Gasteiger partial charge < -0.3 is 0 Å². The number of aldehydes is 1. The average molecular weight is 292 g/mol. The summed E-state index contributed by atoms with van der Waals surface area (Å²) in [5.41, 5.74) is -0.0210. The summed E-state index contributed by atoms with van der Waals surface area (Å²) < 4.78 is 13.7. The van der Waals surface area contributed by atoms with Gasteiger partial charge in [-0.1, -0.05) is 0 Å². The second kappa shape index (κ2) is 3.95. The third-order valence-electron chi connectivity index (χ3n) is 1.59. The summed E-state index contributed by atoms with van der Waals surface area (Å²) in [6, 6.07) is 2.71. The minimum atomic E-state index is -0.646. The van der Waals surface area contributed by atoms with Crippen LogP contribution in [0.15, 0.2) is 12.1 Å². The first-order valence-corrected chi connectivity index (χ1v) is 4.59. The third kappa shape index (κ3) is 2.12. The van der Waals surface area contributed by atoms with Crippen LogP contribution in [0.25, 0.3) is 0 Å². The van der Waals surface area contributed by atoms with E-state index in [2.05, 4.69) is 0 Å². The molecule has 0 aromatic heterocycles. The van der Waals surface area contributed by atoms with E-state index in [1.165, 1.54) is 19.1 Å². The molecular formula is C9H6FIO2. The molecule has 1 aromatic rings. The quantitative estimate of drug-likeness (QED) is 0.476. The number of rotatable bonds is 2. The minimum absolute atomic E-state index is 0.138. The number of benzene rings is 1. The van der Waals surface area contributed by atoms with E-state index in [9.17, 15) is 14.0 Å². The van der Waals surface area contributed by atoms with Crippen LogP contribution in [0.4, 0.5) is 4.39 Å². The summed E-state index contributed by atoms with van der Waals surface area (Å²) in [4.78, 5) is 21.5. The molecule has 0 atom stereocenters. The molecule has 0 bridgehead atoms. The Hall–Kier alpha value is -0.780. The van der Waals surface area contributed by atoms with E-state index < -0.39 is 5.82 Å². The Kier molecular flexibility index (Phi) is 3.13. The van der Waals surface area contributed by atoms with Gasteiger partial charge >= 0.3 is 0 Å². The maximum atomic E-state index is 13.1. The predicted octanol–water partition coefficient (Wildman–Crippen LogP) is 2.45. The summed E-state index contributed by atoms with van der Waals surface area (Å²) in [7, 11) is 0. The fraction of sp³-hybridized carbons (Fsp3) is 0.111. The summed E-state index contributed by atoms with van der Waals surface area (Å²) >= 11 is 1.89. The molecule has 0 N–H and O–H groups in total. The molecule has 0 unspecified atom stereocenters. The normalized spacial score (nSPS) is 9.77. The zero-order chi connectivity index (χ0) is 10.0. The fourth-order valence-corrected chi connectivity index (χ4v) is 1.58. The van der Waals surface area contributed by atoms with Gasteiger partial charge in [0.25, 0.3) is 0 Å². The minimum Gasteiger partial charge on any atom is -0.298 e. The summed E-state index contributed by atoms with van der Waals surface area (Å²) in [5.74, 6) is -0.952. The SMILES string of the molecule is CC(=O)c1cc(I)cc(F)c1C=O. The van der Waals surface area contributed by atoms with Crippen molar-refractivity contribution in [3.8, 4) is 0 Å². The fourth-order valence-electron chi connectivity index (χ4n) is 0.996. The van der Waals surface area contributed by atoms with Gasteiger partial charge in [0.15, 0.2) is 12.1 Å². The number of hydrogen-bond acceptors (Lipinski definition) is 2. The van der Waals surface area contributed by atoms with Gasteiger partial charge in [-0.25, -0.2) is 4.39 Å². The van der Waals surface area contributed by atoms with Crippen LogP contribution in [-0.4, -0.2) is 12.1 Å². The van der Waals surface area contributed by atoms with E-state index in [4.69, 9.17) is 0 Å². The van der Waals surface area contributed by atoms with Gasteiger partial charge in [0.2, 0.25) is 0 Å². The topological polar surface area (TPSA) is 34.1 Å². The van der Waals surface area contributed by atoms with Crippen LogP contribution in [0.5, 0.6) is 0 Å². The number of Topliss-reactive ketones (excluding diaryl/α,β-unsaturated/α-hetero) is 1. The zero-order valence-electron chi connectivity index (χ0n) is 6.80. The second-order valence-corrected chi connectivity index (χ2v) is 3.77. The average Bonchev–Trinajstić information content (AvgIpc) is 2.02. The molecule has 68 valence electrons. The van der Waals surface area contributed by atoms with E-state index in [-0.39, 0.29) is 16.9 Å². The first-order chi connectivity index (χ1) is 6.06. The highest BCUT2D eigenvalue weighted by Crippen LogP contribution is 2.16. The van der Waals surface area contributed by atoms with Crippen molar-refractivity contribution in [2.75, 3.05) is 0 Å². The molecule has 0 heterocycles. The number of carbonyl (C=O) groups excluding carboxylic acids is 2. The van der Waals surface area contributed by atoms with Gasteiger partial charge in [-0.3, -0.25) is 9.59 Å². The first-order valence-electron chi connectivity index (χ1n) is 3.51. The predicted molar refractivity (Wildman–Crippen MR) is 54.5 cm³/mol. The second-order valence-electron chi connectivity index (χ2n) is 2.52. The van der Waals surface area contributed by atoms with Gasteiger partial charge in [-0.2, -0.15) is 0 Å². The third-order valence-corrected chi connectivity index (χ3v) is 2.21. The molecular weight excluding hydrogens is 286 g/mol. The molecule has 2 nitrogen and oxygen atoms in total. The molecule has 0 radical (unpaired) electrons. The van der Waals surface area contributed by atoms with E-state index >= 15 is 0 Å². The van der Waals surface area contributed by atoms with Crippen LogP contribution in [0.3, 0.4) is 0 Å². The van der Waals surface area contributed by atoms with E-state index in [1.54, 1.807) is 0 Å². The highest BCUT2D eigenvalue weighted by Gasteiger charge is 2.12. The van der Waals surface area contributed by atoms with E-state index in [0.717, 1.165) is 0 Å². The molecule has 0 spiro atoms. The Morgan fingerprint density at radius 2 is 2.15 bits per heavy atom. The summed E-state index contributed by atoms with van der Waals surface area (Å²) in [6.07, 6.45) is 0.363. The van der Waals surface area contributed by atoms with E-state index in [0.29, 0.717) is 9.86 Å². The maximum absolute atomic E-state index is 13.1. The Balaban J connectivity index is 3.46. The monoisotopic (exact) mass is 292 g/mol. The lowest BCUT2D eigenvalue weighted by Gasteiger charge is -2.02. The van der Waals surface area contributed by atoms with Crippen molar-refractivity contribution in [2.45, 2.75) is 6.92 Å². The molecule has 13 heavy (non-hydrogen) atoms. The number of hydrogen-bond donors (Lipinski definition) is 0. The van der Waals surface area contributed by atoms with Crippen LogP contribution in [0, 0.1) is 9.39 Å². The van der Waals surface area contributed by atoms with Crippen LogP contribution >= 0.6 is 22.6 Å². The Morgan fingerprint density at radius 1 is 1.54 bits per heavy atom. The number of carbonyl (C=O) groups is 2. The smallest absolute Gasteiger partial charge is 0.160 e. The zero-order valence-corrected chi connectivity index (χ0v) is 8.96. The van der Waals surface area contributed by atoms with Crippen LogP contribution < -0.4 is 0 Å². The van der Waals surface area contributed by atoms with Crippen molar-refractivity contribution in [1.82, 2.24) is 0 Å². The Bertz CT molecular complexity index is 374. The lowest BCUT2D eigenvalue weighted by molar-refractivity contribution is 0.100. The van der Waals surface area contributed by atoms with Crippen LogP contribution in [0.1, 0.15) is 27.6 Å². The van der Waals surface area contributed by atoms with Crippen molar-refractivity contribution in [3.05, 3.63) is 32.6 Å². The molecule has 1 rings (SSSR count). The molecule has 0 saturated heterocycles. The van der Waals surface area contributed by atoms with Crippen molar-refractivity contribution >= 4 is 34.7 Å². The number of ketones is 1. The molecule has 4 heteroatoms. The van der Waals surface area contributed by atoms with Crippen molar-refractivity contribution < 1.29 is 14.0 Å². The van der Waals surface area contributed by atoms with Crippen molar-refractivity contribution in [2.24, 2.45) is 0 Å². The van der Waals surface area contributed by atoms with Crippen molar-refractivity contribution in [3.63, 3.8) is 0 Å². The lowest BCUT2D eigenvalue weighted by atomic mass is 10.1. The maximum Gasteiger partial charge on any atom is 0.160 e. The Labute approximate surface area is 88.3 Å². The van der Waals surface area contributed by atoms with E-state index in [1.807, 2.05) is 22.6 Å².